The summed E-state index contributed by atoms with van der Waals surface area (Å²) in [5, 5.41) is 4.32. The molecule has 1 saturated carbocycles. The van der Waals surface area contributed by atoms with Crippen LogP contribution in [0.1, 0.15) is 24.3 Å². The molecule has 1 aromatic carbocycles. The third-order valence-corrected chi connectivity index (χ3v) is 4.13. The van der Waals surface area contributed by atoms with Crippen molar-refractivity contribution in [3.63, 3.8) is 0 Å². The summed E-state index contributed by atoms with van der Waals surface area (Å²) < 4.78 is 20.2. The maximum Gasteiger partial charge on any atom is 0.327 e. The second-order valence-electron chi connectivity index (χ2n) is 5.00. The molecule has 1 fully saturated rings. The van der Waals surface area contributed by atoms with E-state index in [-0.39, 0.29) is 27.8 Å². The van der Waals surface area contributed by atoms with Gasteiger partial charge >= 0.3 is 5.97 Å². The molecule has 5 nitrogen and oxygen atoms in total. The number of ether oxygens (including phenoxy) is 1. The molecule has 1 aliphatic rings. The minimum Gasteiger partial charge on any atom is -0.468 e. The van der Waals surface area contributed by atoms with Gasteiger partial charge in [-0.3, -0.25) is 9.59 Å². The van der Waals surface area contributed by atoms with E-state index in [0.29, 0.717) is 5.56 Å². The van der Waals surface area contributed by atoms with E-state index in [1.165, 1.54) is 7.11 Å². The number of nitrogens with zero attached hydrogens (tertiary/aromatic N) is 2. The van der Waals surface area contributed by atoms with Crippen LogP contribution in [-0.4, -0.2) is 22.9 Å². The fourth-order valence-corrected chi connectivity index (χ4v) is 2.90. The summed E-state index contributed by atoms with van der Waals surface area (Å²) in [5.74, 6) is -0.763. The lowest BCUT2D eigenvalue weighted by Crippen LogP contribution is -2.28. The van der Waals surface area contributed by atoms with E-state index in [2.05, 4.69) is 25.8 Å². The van der Waals surface area contributed by atoms with Crippen LogP contribution in [0.2, 0.25) is 0 Å². The number of carbonyl (C=O) groups excluding carboxylic acids is 1. The lowest BCUT2D eigenvalue weighted by atomic mass is 10.1. The quantitative estimate of drug-likeness (QED) is 0.793. The molecule has 3 rings (SSSR count). The molecular weight excluding hydrogens is 343 g/mol. The average Bonchev–Trinajstić information content (AvgIpc) is 3.28. The van der Waals surface area contributed by atoms with Gasteiger partial charge in [-0.1, -0.05) is 6.07 Å². The number of carbonyl (C=O) groups is 1. The van der Waals surface area contributed by atoms with E-state index in [1.807, 2.05) is 0 Å². The van der Waals surface area contributed by atoms with Crippen molar-refractivity contribution in [3.8, 4) is 0 Å². The molecule has 1 aromatic heterocycles. The number of hydrogen-bond donors (Lipinski definition) is 0. The standard InChI is InChI=1S/C14H12BrFN2O3/c1-21-10(19)6-18-14(20)9-5-4-8(7-2-3-7)12(16)11(9)13(15)17-18/h4-5,7H,2-3,6H2,1H3. The second kappa shape index (κ2) is 5.22. The van der Waals surface area contributed by atoms with Crippen molar-refractivity contribution in [2.24, 2.45) is 0 Å². The van der Waals surface area contributed by atoms with E-state index in [0.717, 1.165) is 17.5 Å². The molecule has 21 heavy (non-hydrogen) atoms. The van der Waals surface area contributed by atoms with Crippen LogP contribution in [0.4, 0.5) is 4.39 Å². The Morgan fingerprint density at radius 2 is 2.24 bits per heavy atom. The highest BCUT2D eigenvalue weighted by Gasteiger charge is 2.28. The minimum atomic E-state index is -0.592. The summed E-state index contributed by atoms with van der Waals surface area (Å²) >= 11 is 3.19. The number of aromatic nitrogens is 2. The predicted molar refractivity (Wildman–Crippen MR) is 77.7 cm³/mol. The molecule has 1 aliphatic carbocycles. The molecule has 7 heteroatoms. The van der Waals surface area contributed by atoms with Crippen LogP contribution in [-0.2, 0) is 16.1 Å². The zero-order valence-corrected chi connectivity index (χ0v) is 12.8. The lowest BCUT2D eigenvalue weighted by molar-refractivity contribution is -0.141. The first-order chi connectivity index (χ1) is 10.0. The molecule has 0 radical (unpaired) electrons. The first-order valence-electron chi connectivity index (χ1n) is 6.48. The summed E-state index contributed by atoms with van der Waals surface area (Å²) in [6, 6.07) is 3.24. The summed E-state index contributed by atoms with van der Waals surface area (Å²) in [6.45, 7) is -0.310. The number of esters is 1. The number of fused-ring (bicyclic) bond motifs is 1. The highest BCUT2D eigenvalue weighted by molar-refractivity contribution is 9.10. The van der Waals surface area contributed by atoms with Gasteiger partial charge in [-0.15, -0.1) is 0 Å². The Balaban J connectivity index is 2.20. The predicted octanol–water partition coefficient (Wildman–Crippen LogP) is 2.35. The van der Waals surface area contributed by atoms with Gasteiger partial charge in [-0.2, -0.15) is 5.10 Å². The summed E-state index contributed by atoms with van der Waals surface area (Å²) in [6.07, 6.45) is 1.93. The van der Waals surface area contributed by atoms with Crippen LogP contribution in [0.3, 0.4) is 0 Å². The summed E-state index contributed by atoms with van der Waals surface area (Å²) in [4.78, 5) is 23.6. The first kappa shape index (κ1) is 14.2. The number of benzene rings is 1. The molecule has 0 atom stereocenters. The largest absolute Gasteiger partial charge is 0.468 e. The summed E-state index contributed by atoms with van der Waals surface area (Å²) in [5.41, 5.74) is 0.106. The van der Waals surface area contributed by atoms with Crippen molar-refractivity contribution in [1.29, 1.82) is 0 Å². The third-order valence-electron chi connectivity index (χ3n) is 3.58. The minimum absolute atomic E-state index is 0.172. The van der Waals surface area contributed by atoms with E-state index in [4.69, 9.17) is 0 Å². The molecule has 0 aliphatic heterocycles. The van der Waals surface area contributed by atoms with Gasteiger partial charge in [0.15, 0.2) is 0 Å². The average molecular weight is 355 g/mol. The van der Waals surface area contributed by atoms with Crippen molar-refractivity contribution in [1.82, 2.24) is 9.78 Å². The van der Waals surface area contributed by atoms with Gasteiger partial charge in [0, 0.05) is 0 Å². The van der Waals surface area contributed by atoms with Crippen LogP contribution in [0.15, 0.2) is 21.5 Å². The Kier molecular flexibility index (Phi) is 3.52. The Labute approximate surface area is 127 Å². The maximum atomic E-state index is 14.6. The van der Waals surface area contributed by atoms with Crippen molar-refractivity contribution in [2.75, 3.05) is 7.11 Å². The SMILES string of the molecule is COC(=O)Cn1nc(Br)c2c(F)c(C3CC3)ccc2c1=O. The molecule has 1 heterocycles. The number of halogens is 2. The van der Waals surface area contributed by atoms with E-state index in [1.54, 1.807) is 12.1 Å². The number of methoxy groups -OCH3 is 1. The zero-order valence-electron chi connectivity index (χ0n) is 11.2. The van der Waals surface area contributed by atoms with Crippen LogP contribution in [0.5, 0.6) is 0 Å². The van der Waals surface area contributed by atoms with Crippen LogP contribution in [0.25, 0.3) is 10.8 Å². The Morgan fingerprint density at radius 3 is 2.86 bits per heavy atom. The van der Waals surface area contributed by atoms with Gasteiger partial charge in [0.2, 0.25) is 0 Å². The van der Waals surface area contributed by atoms with Gasteiger partial charge in [-0.25, -0.2) is 9.07 Å². The van der Waals surface area contributed by atoms with E-state index in [9.17, 15) is 14.0 Å². The lowest BCUT2D eigenvalue weighted by Gasteiger charge is -2.09. The van der Waals surface area contributed by atoms with Crippen LogP contribution in [0, 0.1) is 5.82 Å². The molecule has 0 saturated heterocycles. The Bertz CT molecular complexity index is 799. The maximum absolute atomic E-state index is 14.6. The normalized spacial score (nSPS) is 14.4. The molecule has 0 unspecified atom stereocenters. The smallest absolute Gasteiger partial charge is 0.327 e. The molecule has 0 spiro atoms. The van der Waals surface area contributed by atoms with Gasteiger partial charge in [0.25, 0.3) is 5.56 Å². The van der Waals surface area contributed by atoms with Gasteiger partial charge < -0.3 is 4.74 Å². The van der Waals surface area contributed by atoms with Crippen LogP contribution < -0.4 is 5.56 Å². The first-order valence-corrected chi connectivity index (χ1v) is 7.27. The van der Waals surface area contributed by atoms with Crippen molar-refractivity contribution in [2.45, 2.75) is 25.3 Å². The van der Waals surface area contributed by atoms with Gasteiger partial charge in [-0.05, 0) is 46.3 Å². The van der Waals surface area contributed by atoms with Crippen LogP contribution >= 0.6 is 15.9 Å². The second-order valence-corrected chi connectivity index (χ2v) is 5.75. The Morgan fingerprint density at radius 1 is 1.52 bits per heavy atom. The van der Waals surface area contributed by atoms with Crippen molar-refractivity contribution in [3.05, 3.63) is 38.5 Å². The van der Waals surface area contributed by atoms with E-state index >= 15 is 0 Å². The zero-order chi connectivity index (χ0) is 15.1. The number of rotatable bonds is 3. The van der Waals surface area contributed by atoms with Gasteiger partial charge in [0.1, 0.15) is 17.0 Å². The third kappa shape index (κ3) is 2.46. The Hall–Kier alpha value is -1.76. The highest BCUT2D eigenvalue weighted by atomic mass is 79.9. The fourth-order valence-electron chi connectivity index (χ4n) is 2.32. The number of hydrogen-bond acceptors (Lipinski definition) is 4. The topological polar surface area (TPSA) is 61.2 Å². The molecule has 0 bridgehead atoms. The highest BCUT2D eigenvalue weighted by Crippen LogP contribution is 2.42. The van der Waals surface area contributed by atoms with Gasteiger partial charge in [0.05, 0.1) is 17.9 Å². The molecular formula is C14H12BrFN2O3. The van der Waals surface area contributed by atoms with Crippen molar-refractivity contribution >= 4 is 32.7 Å². The molecule has 110 valence electrons. The fraction of sp³-hybridized carbons (Fsp3) is 0.357. The van der Waals surface area contributed by atoms with E-state index < -0.39 is 17.3 Å². The molecule has 2 aromatic rings. The van der Waals surface area contributed by atoms with Crippen molar-refractivity contribution < 1.29 is 13.9 Å². The molecule has 0 amide bonds. The summed E-state index contributed by atoms with van der Waals surface area (Å²) in [7, 11) is 1.23. The molecule has 0 N–H and O–H groups in total. The monoisotopic (exact) mass is 354 g/mol.